The van der Waals surface area contributed by atoms with Crippen LogP contribution in [0.5, 0.6) is 0 Å². The zero-order chi connectivity index (χ0) is 10.9. The molecule has 0 fully saturated rings. The molecule has 0 unspecified atom stereocenters. The van der Waals surface area contributed by atoms with Crippen molar-refractivity contribution in [2.75, 3.05) is 0 Å². The van der Waals surface area contributed by atoms with E-state index in [9.17, 15) is 0 Å². The predicted molar refractivity (Wildman–Crippen MR) is 68.8 cm³/mol. The first kappa shape index (κ1) is 11.8. The number of rotatable bonds is 5. The second-order valence-corrected chi connectivity index (χ2v) is 3.70. The number of hydrogen-bond acceptors (Lipinski definition) is 0. The highest BCUT2D eigenvalue weighted by Gasteiger charge is 1.89. The molecule has 0 radical (unpaired) electrons. The van der Waals surface area contributed by atoms with Crippen LogP contribution in [0.3, 0.4) is 0 Å². The Morgan fingerprint density at radius 3 is 2.47 bits per heavy atom. The van der Waals surface area contributed by atoms with Crippen molar-refractivity contribution in [3.63, 3.8) is 0 Å². The van der Waals surface area contributed by atoms with E-state index in [0.717, 1.165) is 6.42 Å². The van der Waals surface area contributed by atoms with Crippen LogP contribution in [0.1, 0.15) is 38.7 Å². The Morgan fingerprint density at radius 1 is 1.13 bits per heavy atom. The molecule has 0 saturated carbocycles. The first-order valence-electron chi connectivity index (χ1n) is 5.78. The lowest BCUT2D eigenvalue weighted by molar-refractivity contribution is 0.859. The molecule has 0 heterocycles. The molecule has 1 rings (SSSR count). The molecule has 0 amide bonds. The van der Waals surface area contributed by atoms with Crippen LogP contribution in [0.4, 0.5) is 0 Å². The van der Waals surface area contributed by atoms with E-state index in [4.69, 9.17) is 0 Å². The molecule has 0 N–H and O–H groups in total. The Bertz CT molecular complexity index is 317. The van der Waals surface area contributed by atoms with Gasteiger partial charge in [0.15, 0.2) is 0 Å². The van der Waals surface area contributed by atoms with Crippen LogP contribution in [0.15, 0.2) is 48.1 Å². The highest BCUT2D eigenvalue weighted by Crippen LogP contribution is 2.10. The van der Waals surface area contributed by atoms with Crippen molar-refractivity contribution in [3.8, 4) is 0 Å². The molecule has 0 aromatic heterocycles. The summed E-state index contributed by atoms with van der Waals surface area (Å²) in [6.07, 6.45) is 10.2. The van der Waals surface area contributed by atoms with Crippen molar-refractivity contribution in [1.82, 2.24) is 0 Å². The van der Waals surface area contributed by atoms with Crippen molar-refractivity contribution < 1.29 is 0 Å². The summed E-state index contributed by atoms with van der Waals surface area (Å²) in [6, 6.07) is 10.4. The molecular formula is C15H20. The van der Waals surface area contributed by atoms with E-state index < -0.39 is 0 Å². The average Bonchev–Trinajstić information content (AvgIpc) is 2.29. The van der Waals surface area contributed by atoms with Gasteiger partial charge in [-0.3, -0.25) is 0 Å². The fourth-order valence-electron chi connectivity index (χ4n) is 1.56. The third kappa shape index (κ3) is 4.64. The molecule has 0 spiro atoms. The lowest BCUT2D eigenvalue weighted by Gasteiger charge is -1.99. The highest BCUT2D eigenvalue weighted by molar-refractivity contribution is 5.50. The quantitative estimate of drug-likeness (QED) is 0.597. The van der Waals surface area contributed by atoms with Crippen LogP contribution >= 0.6 is 0 Å². The van der Waals surface area contributed by atoms with Crippen molar-refractivity contribution in [3.05, 3.63) is 53.6 Å². The summed E-state index contributed by atoms with van der Waals surface area (Å²) in [5.74, 6) is 0. The Morgan fingerprint density at radius 2 is 1.87 bits per heavy atom. The minimum Gasteiger partial charge on any atom is -0.0705 e. The summed E-state index contributed by atoms with van der Waals surface area (Å²) in [5, 5.41) is 0. The molecule has 0 atom stereocenters. The van der Waals surface area contributed by atoms with Crippen LogP contribution in [0, 0.1) is 0 Å². The van der Waals surface area contributed by atoms with Crippen LogP contribution in [-0.2, 0) is 0 Å². The minimum atomic E-state index is 1.16. The Labute approximate surface area is 93.3 Å². The molecule has 0 aliphatic rings. The Kier molecular flexibility index (Phi) is 5.54. The molecule has 0 saturated heterocycles. The summed E-state index contributed by atoms with van der Waals surface area (Å²) < 4.78 is 0. The summed E-state index contributed by atoms with van der Waals surface area (Å²) >= 11 is 0. The lowest BCUT2D eigenvalue weighted by Crippen LogP contribution is -1.78. The Hall–Kier alpha value is -1.30. The molecular weight excluding hydrogens is 180 g/mol. The molecule has 0 nitrogen and oxygen atoms in total. The normalized spacial score (nSPS) is 12.3. The molecule has 15 heavy (non-hydrogen) atoms. The van der Waals surface area contributed by atoms with Gasteiger partial charge in [-0.15, -0.1) is 0 Å². The maximum absolute atomic E-state index is 2.25. The summed E-state index contributed by atoms with van der Waals surface area (Å²) in [5.41, 5.74) is 2.80. The van der Waals surface area contributed by atoms with Crippen LogP contribution in [-0.4, -0.2) is 0 Å². The Balaban J connectivity index is 2.58. The summed E-state index contributed by atoms with van der Waals surface area (Å²) in [7, 11) is 0. The number of benzene rings is 1. The predicted octanol–water partition coefficient (Wildman–Crippen LogP) is 4.84. The lowest BCUT2D eigenvalue weighted by atomic mass is 10.1. The molecule has 0 heteroatoms. The molecule has 0 bridgehead atoms. The van der Waals surface area contributed by atoms with Gasteiger partial charge in [0.1, 0.15) is 0 Å². The van der Waals surface area contributed by atoms with E-state index in [-0.39, 0.29) is 0 Å². The van der Waals surface area contributed by atoms with Gasteiger partial charge in [-0.05, 0) is 18.4 Å². The number of allylic oxidation sites excluding steroid dienone is 3. The smallest absolute Gasteiger partial charge is 0.0257 e. The van der Waals surface area contributed by atoms with Gasteiger partial charge in [0, 0.05) is 0 Å². The first-order valence-corrected chi connectivity index (χ1v) is 5.78. The van der Waals surface area contributed by atoms with E-state index in [0.29, 0.717) is 0 Å². The second kappa shape index (κ2) is 7.05. The first-order chi connectivity index (χ1) is 7.36. The van der Waals surface area contributed by atoms with Gasteiger partial charge in [-0.25, -0.2) is 0 Å². The maximum atomic E-state index is 2.25. The van der Waals surface area contributed by atoms with Gasteiger partial charge < -0.3 is 0 Å². The van der Waals surface area contributed by atoms with Crippen molar-refractivity contribution in [1.29, 1.82) is 0 Å². The zero-order valence-electron chi connectivity index (χ0n) is 9.74. The molecule has 0 aliphatic carbocycles. The van der Waals surface area contributed by atoms with Crippen LogP contribution in [0.2, 0.25) is 0 Å². The van der Waals surface area contributed by atoms with Gasteiger partial charge in [0.2, 0.25) is 0 Å². The second-order valence-electron chi connectivity index (χ2n) is 3.70. The third-order valence-electron chi connectivity index (χ3n) is 2.45. The zero-order valence-corrected chi connectivity index (χ0v) is 9.74. The standard InChI is InChI=1S/C15H20/c1-3-9-14(4-2)12-8-13-15-10-6-5-7-11-15/h5-8,10-13H,3-4,9H2,1-2H3/b13-8+,14-12?. The maximum Gasteiger partial charge on any atom is -0.0257 e. The monoisotopic (exact) mass is 200 g/mol. The van der Waals surface area contributed by atoms with Gasteiger partial charge in [0.25, 0.3) is 0 Å². The van der Waals surface area contributed by atoms with E-state index >= 15 is 0 Å². The van der Waals surface area contributed by atoms with Crippen molar-refractivity contribution in [2.24, 2.45) is 0 Å². The van der Waals surface area contributed by atoms with E-state index in [1.165, 1.54) is 24.0 Å². The largest absolute Gasteiger partial charge is 0.0705 e. The van der Waals surface area contributed by atoms with E-state index in [1.54, 1.807) is 0 Å². The van der Waals surface area contributed by atoms with Crippen LogP contribution in [0.25, 0.3) is 6.08 Å². The molecule has 0 aliphatic heterocycles. The van der Waals surface area contributed by atoms with Gasteiger partial charge in [0.05, 0.1) is 0 Å². The average molecular weight is 200 g/mol. The van der Waals surface area contributed by atoms with Crippen LogP contribution < -0.4 is 0 Å². The molecule has 1 aromatic rings. The topological polar surface area (TPSA) is 0 Å². The molecule has 1 aromatic carbocycles. The van der Waals surface area contributed by atoms with Gasteiger partial charge in [-0.2, -0.15) is 0 Å². The summed E-state index contributed by atoms with van der Waals surface area (Å²) in [6.45, 7) is 4.45. The van der Waals surface area contributed by atoms with Crippen molar-refractivity contribution >= 4 is 6.08 Å². The number of hydrogen-bond donors (Lipinski definition) is 0. The van der Waals surface area contributed by atoms with Gasteiger partial charge >= 0.3 is 0 Å². The fourth-order valence-corrected chi connectivity index (χ4v) is 1.56. The third-order valence-corrected chi connectivity index (χ3v) is 2.45. The van der Waals surface area contributed by atoms with Crippen molar-refractivity contribution in [2.45, 2.75) is 33.1 Å². The molecule has 80 valence electrons. The van der Waals surface area contributed by atoms with E-state index in [2.05, 4.69) is 56.3 Å². The summed E-state index contributed by atoms with van der Waals surface area (Å²) in [4.78, 5) is 0. The fraction of sp³-hybridized carbons (Fsp3) is 0.333. The SMILES string of the molecule is CCCC(=C/C=C/c1ccccc1)CC. The highest BCUT2D eigenvalue weighted by atomic mass is 14.0. The van der Waals surface area contributed by atoms with Gasteiger partial charge in [-0.1, -0.05) is 74.4 Å². The van der Waals surface area contributed by atoms with E-state index in [1.807, 2.05) is 6.07 Å². The minimum absolute atomic E-state index is 1.16.